The minimum Gasteiger partial charge on any atom is -0.396 e. The third kappa shape index (κ3) is 6.43. The topological polar surface area (TPSA) is 20.2 Å². The van der Waals surface area contributed by atoms with Crippen molar-refractivity contribution < 1.29 is 5.11 Å². The van der Waals surface area contributed by atoms with Crippen LogP contribution in [0.5, 0.6) is 0 Å². The molecule has 0 atom stereocenters. The van der Waals surface area contributed by atoms with E-state index in [2.05, 4.69) is 22.6 Å². The van der Waals surface area contributed by atoms with Crippen molar-refractivity contribution in [3.8, 4) is 0 Å². The van der Waals surface area contributed by atoms with Gasteiger partial charge in [0.2, 0.25) is 0 Å². The highest BCUT2D eigenvalue weighted by Crippen LogP contribution is 1.91. The summed E-state index contributed by atoms with van der Waals surface area (Å²) in [5, 5.41) is 8.26. The van der Waals surface area contributed by atoms with Gasteiger partial charge in [-0.2, -0.15) is 0 Å². The van der Waals surface area contributed by atoms with E-state index in [0.717, 1.165) is 12.8 Å². The molecule has 0 spiro atoms. The Morgan fingerprint density at radius 2 is 2.29 bits per heavy atom. The average molecular weight is 212 g/mol. The molecule has 0 aliphatic heterocycles. The molecule has 1 nitrogen and oxygen atoms in total. The maximum atomic E-state index is 8.26. The highest BCUT2D eigenvalue weighted by molar-refractivity contribution is 14.1. The lowest BCUT2D eigenvalue weighted by Gasteiger charge is -1.83. The van der Waals surface area contributed by atoms with Gasteiger partial charge in [0.15, 0.2) is 0 Å². The number of halogens is 1. The summed E-state index contributed by atoms with van der Waals surface area (Å²) in [4.78, 5) is 0. The van der Waals surface area contributed by atoms with Crippen LogP contribution in [-0.4, -0.2) is 11.7 Å². The minimum absolute atomic E-state index is 0.307. The van der Waals surface area contributed by atoms with E-state index in [4.69, 9.17) is 5.11 Å². The number of aliphatic hydroxyl groups is 1. The van der Waals surface area contributed by atoms with Gasteiger partial charge >= 0.3 is 0 Å². The maximum absolute atomic E-state index is 8.26. The van der Waals surface area contributed by atoms with Crippen molar-refractivity contribution in [2.75, 3.05) is 6.61 Å². The molecule has 0 rings (SSSR count). The second kappa shape index (κ2) is 6.43. The van der Waals surface area contributed by atoms with E-state index in [-0.39, 0.29) is 0 Å². The maximum Gasteiger partial charge on any atom is 0.0433 e. The molecule has 0 saturated heterocycles. The Labute approximate surface area is 57.6 Å². The van der Waals surface area contributed by atoms with Crippen molar-refractivity contribution in [2.24, 2.45) is 0 Å². The van der Waals surface area contributed by atoms with Gasteiger partial charge in [-0.15, -0.1) is 0 Å². The van der Waals surface area contributed by atoms with Crippen LogP contribution in [0.4, 0.5) is 0 Å². The van der Waals surface area contributed by atoms with Gasteiger partial charge in [-0.25, -0.2) is 0 Å². The second-order valence-corrected chi connectivity index (χ2v) is 1.95. The normalized spacial score (nSPS) is 10.6. The molecule has 0 saturated carbocycles. The quantitative estimate of drug-likeness (QED) is 0.557. The first-order valence-corrected chi connectivity index (χ1v) is 3.52. The van der Waals surface area contributed by atoms with Crippen molar-refractivity contribution in [1.82, 2.24) is 0 Å². The van der Waals surface area contributed by atoms with Crippen LogP contribution in [-0.2, 0) is 0 Å². The monoisotopic (exact) mass is 212 g/mol. The molecule has 1 N–H and O–H groups in total. The Morgan fingerprint density at radius 1 is 1.57 bits per heavy atom. The lowest BCUT2D eigenvalue weighted by atomic mass is 10.3. The summed E-state index contributed by atoms with van der Waals surface area (Å²) < 4.78 is 1.97. The number of unbranched alkanes of at least 4 members (excludes halogenated alkanes) is 1. The molecule has 0 fully saturated rings. The fourth-order valence-corrected chi connectivity index (χ4v) is 0.632. The van der Waals surface area contributed by atoms with Crippen molar-refractivity contribution in [1.29, 1.82) is 0 Å². The Hall–Kier alpha value is 0.430. The first kappa shape index (κ1) is 7.43. The molecule has 0 amide bonds. The van der Waals surface area contributed by atoms with Crippen LogP contribution in [0.1, 0.15) is 12.8 Å². The third-order valence-corrected chi connectivity index (χ3v) is 1.13. The van der Waals surface area contributed by atoms with Gasteiger partial charge in [0.1, 0.15) is 0 Å². The highest BCUT2D eigenvalue weighted by atomic mass is 127. The van der Waals surface area contributed by atoms with Gasteiger partial charge in [0.25, 0.3) is 0 Å². The number of hydrogen-bond acceptors (Lipinski definition) is 1. The molecule has 0 aromatic rings. The van der Waals surface area contributed by atoms with Gasteiger partial charge in [-0.1, -0.05) is 28.7 Å². The summed E-state index contributed by atoms with van der Waals surface area (Å²) >= 11 is 2.16. The van der Waals surface area contributed by atoms with E-state index < -0.39 is 0 Å². The Kier molecular flexibility index (Phi) is 6.82. The summed E-state index contributed by atoms with van der Waals surface area (Å²) in [5.41, 5.74) is 0. The fourth-order valence-electron chi connectivity index (χ4n) is 0.272. The average Bonchev–Trinajstić information content (AvgIpc) is 1.69. The van der Waals surface area contributed by atoms with Crippen LogP contribution in [0.3, 0.4) is 0 Å². The van der Waals surface area contributed by atoms with E-state index >= 15 is 0 Å². The van der Waals surface area contributed by atoms with Crippen LogP contribution in [0.2, 0.25) is 0 Å². The molecular formula is C5H9IO. The standard InChI is InChI=1S/C5H9IO/c6-4-2-1-3-5-7/h2,4,7H,1,3,5H2/b4-2-. The molecule has 0 bridgehead atoms. The zero-order chi connectivity index (χ0) is 5.54. The van der Waals surface area contributed by atoms with Crippen molar-refractivity contribution in [3.05, 3.63) is 10.2 Å². The zero-order valence-corrected chi connectivity index (χ0v) is 6.26. The van der Waals surface area contributed by atoms with E-state index in [1.165, 1.54) is 0 Å². The summed E-state index contributed by atoms with van der Waals surface area (Å²) in [5.74, 6) is 0. The first-order chi connectivity index (χ1) is 3.41. The fraction of sp³-hybridized carbons (Fsp3) is 0.600. The SMILES string of the molecule is OCCC/C=C\I. The van der Waals surface area contributed by atoms with Gasteiger partial charge in [0.05, 0.1) is 0 Å². The Bertz CT molecular complexity index is 52.0. The van der Waals surface area contributed by atoms with Crippen molar-refractivity contribution in [3.63, 3.8) is 0 Å². The highest BCUT2D eigenvalue weighted by Gasteiger charge is 1.74. The molecule has 0 unspecified atom stereocenters. The van der Waals surface area contributed by atoms with E-state index in [0.29, 0.717) is 6.61 Å². The molecule has 0 aromatic carbocycles. The Balaban J connectivity index is 2.69. The van der Waals surface area contributed by atoms with Crippen molar-refractivity contribution >= 4 is 22.6 Å². The number of hydrogen-bond donors (Lipinski definition) is 1. The molecule has 0 heterocycles. The molecule has 7 heavy (non-hydrogen) atoms. The lowest BCUT2D eigenvalue weighted by molar-refractivity contribution is 0.289. The van der Waals surface area contributed by atoms with Gasteiger partial charge in [0, 0.05) is 6.61 Å². The van der Waals surface area contributed by atoms with E-state index in [9.17, 15) is 0 Å². The summed E-state index contributed by atoms with van der Waals surface area (Å²) in [6.07, 6.45) is 3.93. The van der Waals surface area contributed by atoms with Gasteiger partial charge < -0.3 is 5.11 Å². The number of rotatable bonds is 3. The first-order valence-electron chi connectivity index (χ1n) is 2.28. The number of aliphatic hydroxyl groups excluding tert-OH is 1. The summed E-state index contributed by atoms with van der Waals surface area (Å²) in [6.45, 7) is 0.307. The molecule has 2 heteroatoms. The third-order valence-electron chi connectivity index (χ3n) is 0.618. The predicted octanol–water partition coefficient (Wildman–Crippen LogP) is 1.71. The molecular weight excluding hydrogens is 203 g/mol. The van der Waals surface area contributed by atoms with Gasteiger partial charge in [-0.05, 0) is 16.9 Å². The van der Waals surface area contributed by atoms with Crippen molar-refractivity contribution in [2.45, 2.75) is 12.8 Å². The van der Waals surface area contributed by atoms with Crippen LogP contribution in [0.15, 0.2) is 10.2 Å². The lowest BCUT2D eigenvalue weighted by Crippen LogP contribution is -1.76. The second-order valence-electron chi connectivity index (χ2n) is 1.23. The molecule has 0 aliphatic carbocycles. The molecule has 0 radical (unpaired) electrons. The minimum atomic E-state index is 0.307. The van der Waals surface area contributed by atoms with Crippen LogP contribution >= 0.6 is 22.6 Å². The molecule has 42 valence electrons. The van der Waals surface area contributed by atoms with E-state index in [1.54, 1.807) is 0 Å². The number of allylic oxidation sites excluding steroid dienone is 1. The van der Waals surface area contributed by atoms with E-state index in [1.807, 2.05) is 10.2 Å². The summed E-state index contributed by atoms with van der Waals surface area (Å²) in [6, 6.07) is 0. The molecule has 0 aromatic heterocycles. The smallest absolute Gasteiger partial charge is 0.0433 e. The van der Waals surface area contributed by atoms with Crippen LogP contribution in [0, 0.1) is 0 Å². The zero-order valence-electron chi connectivity index (χ0n) is 4.10. The predicted molar refractivity (Wildman–Crippen MR) is 39.5 cm³/mol. The largest absolute Gasteiger partial charge is 0.396 e. The van der Waals surface area contributed by atoms with Crippen LogP contribution in [0.25, 0.3) is 0 Å². The van der Waals surface area contributed by atoms with Crippen LogP contribution < -0.4 is 0 Å². The molecule has 0 aliphatic rings. The summed E-state index contributed by atoms with van der Waals surface area (Å²) in [7, 11) is 0. The van der Waals surface area contributed by atoms with Gasteiger partial charge in [-0.3, -0.25) is 0 Å². The Morgan fingerprint density at radius 3 is 2.71 bits per heavy atom.